The Morgan fingerprint density at radius 2 is 1.76 bits per heavy atom. The molecule has 4 aromatic rings. The van der Waals surface area contributed by atoms with Crippen molar-refractivity contribution < 1.29 is 19.1 Å². The molecule has 0 spiro atoms. The Balaban J connectivity index is 1.31. The Labute approximate surface area is 213 Å². The van der Waals surface area contributed by atoms with Crippen LogP contribution >= 0.6 is 0 Å². The lowest BCUT2D eigenvalue weighted by Gasteiger charge is -2.33. The second kappa shape index (κ2) is 8.81. The van der Waals surface area contributed by atoms with Crippen molar-refractivity contribution in [1.82, 2.24) is 9.88 Å². The van der Waals surface area contributed by atoms with Crippen molar-refractivity contribution in [2.75, 3.05) is 16.8 Å². The minimum Gasteiger partial charge on any atom is -0.494 e. The zero-order valence-corrected chi connectivity index (χ0v) is 20.5. The van der Waals surface area contributed by atoms with Crippen LogP contribution in [0.1, 0.15) is 41.5 Å². The number of benzene rings is 3. The van der Waals surface area contributed by atoms with E-state index in [0.717, 1.165) is 27.1 Å². The molecule has 3 heterocycles. The maximum Gasteiger partial charge on any atom is 0.332 e. The highest BCUT2D eigenvalue weighted by Gasteiger charge is 2.52. The SMILES string of the molecule is CCOc1ccc(NC(=O)c2ccccc2N2C(=O)[C@@H]3Cc4c([nH]c5ccccc45)C(C)N3C2=O)cc1. The van der Waals surface area contributed by atoms with E-state index in [0.29, 0.717) is 24.5 Å². The van der Waals surface area contributed by atoms with Gasteiger partial charge in [0.2, 0.25) is 0 Å². The number of nitrogens with one attached hydrogen (secondary N) is 2. The number of aromatic nitrogens is 1. The number of anilines is 2. The highest BCUT2D eigenvalue weighted by molar-refractivity contribution is 6.24. The molecule has 186 valence electrons. The molecule has 8 nitrogen and oxygen atoms in total. The summed E-state index contributed by atoms with van der Waals surface area (Å²) in [5.41, 5.74) is 4.11. The van der Waals surface area contributed by atoms with Gasteiger partial charge in [0.25, 0.3) is 11.8 Å². The zero-order valence-electron chi connectivity index (χ0n) is 20.5. The number of hydrogen-bond acceptors (Lipinski definition) is 4. The van der Waals surface area contributed by atoms with Crippen LogP contribution in [0, 0.1) is 0 Å². The fourth-order valence-electron chi connectivity index (χ4n) is 5.44. The van der Waals surface area contributed by atoms with E-state index in [1.807, 2.05) is 38.1 Å². The molecule has 2 atom stereocenters. The first-order chi connectivity index (χ1) is 18.0. The number of H-pyrrole nitrogens is 1. The van der Waals surface area contributed by atoms with E-state index < -0.39 is 18.0 Å². The fourth-order valence-corrected chi connectivity index (χ4v) is 5.44. The first-order valence-electron chi connectivity index (χ1n) is 12.4. The van der Waals surface area contributed by atoms with E-state index in [1.165, 1.54) is 0 Å². The van der Waals surface area contributed by atoms with Crippen LogP contribution in [0.4, 0.5) is 16.2 Å². The van der Waals surface area contributed by atoms with E-state index in [2.05, 4.69) is 10.3 Å². The third-order valence-electron chi connectivity index (χ3n) is 7.15. The van der Waals surface area contributed by atoms with Crippen LogP contribution < -0.4 is 15.0 Å². The normalized spacial score (nSPS) is 18.6. The number of aromatic amines is 1. The fraction of sp³-hybridized carbons (Fsp3) is 0.207. The van der Waals surface area contributed by atoms with Crippen LogP contribution in [-0.4, -0.2) is 40.4 Å². The summed E-state index contributed by atoms with van der Waals surface area (Å²) in [5, 5.41) is 3.93. The summed E-state index contributed by atoms with van der Waals surface area (Å²) in [5.74, 6) is -0.0267. The maximum absolute atomic E-state index is 13.7. The van der Waals surface area contributed by atoms with Crippen molar-refractivity contribution >= 4 is 40.1 Å². The number of rotatable bonds is 5. The largest absolute Gasteiger partial charge is 0.494 e. The van der Waals surface area contributed by atoms with Crippen LogP contribution in [0.5, 0.6) is 5.75 Å². The monoisotopic (exact) mass is 494 g/mol. The molecule has 0 radical (unpaired) electrons. The summed E-state index contributed by atoms with van der Waals surface area (Å²) < 4.78 is 5.46. The Morgan fingerprint density at radius 3 is 2.54 bits per heavy atom. The van der Waals surface area contributed by atoms with Gasteiger partial charge < -0.3 is 19.9 Å². The van der Waals surface area contributed by atoms with Crippen LogP contribution in [0.15, 0.2) is 72.8 Å². The van der Waals surface area contributed by atoms with Gasteiger partial charge in [0, 0.05) is 28.7 Å². The third-order valence-corrected chi connectivity index (χ3v) is 7.15. The highest BCUT2D eigenvalue weighted by atomic mass is 16.5. The van der Waals surface area contributed by atoms with Crippen LogP contribution in [0.3, 0.4) is 0 Å². The second-order valence-electron chi connectivity index (χ2n) is 9.25. The predicted molar refractivity (Wildman–Crippen MR) is 141 cm³/mol. The number of fused-ring (bicyclic) bond motifs is 4. The van der Waals surface area contributed by atoms with Gasteiger partial charge in [0.05, 0.1) is 23.9 Å². The molecular formula is C29H26N4O4. The number of carbonyl (C=O) groups is 3. The molecule has 37 heavy (non-hydrogen) atoms. The molecular weight excluding hydrogens is 468 g/mol. The van der Waals surface area contributed by atoms with Gasteiger partial charge in [0.15, 0.2) is 0 Å². The number of carbonyl (C=O) groups excluding carboxylic acids is 3. The Bertz CT molecular complexity index is 1540. The predicted octanol–water partition coefficient (Wildman–Crippen LogP) is 5.27. The van der Waals surface area contributed by atoms with E-state index in [4.69, 9.17) is 4.74 Å². The first kappa shape index (κ1) is 22.8. The van der Waals surface area contributed by atoms with Gasteiger partial charge in [-0.3, -0.25) is 9.59 Å². The molecule has 0 aliphatic carbocycles. The van der Waals surface area contributed by atoms with Crippen molar-refractivity contribution in [3.05, 3.63) is 89.6 Å². The molecule has 0 saturated carbocycles. The van der Waals surface area contributed by atoms with Gasteiger partial charge in [-0.25, -0.2) is 9.69 Å². The average Bonchev–Trinajstić information content (AvgIpc) is 3.40. The Kier molecular flexibility index (Phi) is 5.44. The van der Waals surface area contributed by atoms with E-state index in [9.17, 15) is 14.4 Å². The number of amides is 4. The molecule has 2 aliphatic rings. The smallest absolute Gasteiger partial charge is 0.332 e. The summed E-state index contributed by atoms with van der Waals surface area (Å²) in [6.07, 6.45) is 0.422. The number of nitrogens with zero attached hydrogens (tertiary/aromatic N) is 2. The Hall–Kier alpha value is -4.59. The van der Waals surface area contributed by atoms with Crippen molar-refractivity contribution in [3.8, 4) is 5.75 Å². The molecule has 0 bridgehead atoms. The summed E-state index contributed by atoms with van der Waals surface area (Å²) in [6.45, 7) is 4.38. The zero-order chi connectivity index (χ0) is 25.7. The maximum atomic E-state index is 13.7. The van der Waals surface area contributed by atoms with E-state index >= 15 is 0 Å². The van der Waals surface area contributed by atoms with Gasteiger partial charge in [-0.2, -0.15) is 0 Å². The van der Waals surface area contributed by atoms with Gasteiger partial charge in [-0.15, -0.1) is 0 Å². The molecule has 6 rings (SSSR count). The standard InChI is InChI=1S/C29H26N4O4/c1-3-37-19-14-12-18(13-15-19)30-27(34)21-9-5-7-11-24(21)33-28(35)25-16-22-20-8-4-6-10-23(20)31-26(22)17(2)32(25)29(33)36/h4-15,17,25,31H,3,16H2,1-2H3,(H,30,34)/t17?,25-/m0/s1. The van der Waals surface area contributed by atoms with Gasteiger partial charge in [-0.05, 0) is 61.9 Å². The molecule has 8 heteroatoms. The van der Waals surface area contributed by atoms with Crippen molar-refractivity contribution in [3.63, 3.8) is 0 Å². The number of hydrogen-bond donors (Lipinski definition) is 2. The quantitative estimate of drug-likeness (QED) is 0.370. The molecule has 1 unspecified atom stereocenters. The Morgan fingerprint density at radius 1 is 1.03 bits per heavy atom. The second-order valence-corrected chi connectivity index (χ2v) is 9.25. The highest BCUT2D eigenvalue weighted by Crippen LogP contribution is 2.42. The molecule has 1 fully saturated rings. The van der Waals surface area contributed by atoms with Crippen molar-refractivity contribution in [2.45, 2.75) is 32.4 Å². The number of ether oxygens (including phenoxy) is 1. The van der Waals surface area contributed by atoms with Crippen molar-refractivity contribution in [1.29, 1.82) is 0 Å². The molecule has 2 aliphatic heterocycles. The number of urea groups is 1. The topological polar surface area (TPSA) is 94.7 Å². The summed E-state index contributed by atoms with van der Waals surface area (Å²) in [7, 11) is 0. The van der Waals surface area contributed by atoms with Crippen LogP contribution in [0.25, 0.3) is 10.9 Å². The minimum absolute atomic E-state index is 0.245. The molecule has 3 aromatic carbocycles. The molecule has 2 N–H and O–H groups in total. The van der Waals surface area contributed by atoms with Gasteiger partial charge in [-0.1, -0.05) is 30.3 Å². The van der Waals surface area contributed by atoms with Crippen LogP contribution in [-0.2, 0) is 11.2 Å². The lowest BCUT2D eigenvalue weighted by atomic mass is 9.93. The molecule has 4 amide bonds. The molecule has 1 saturated heterocycles. The van der Waals surface area contributed by atoms with Crippen LogP contribution in [0.2, 0.25) is 0 Å². The van der Waals surface area contributed by atoms with E-state index in [1.54, 1.807) is 53.4 Å². The lowest BCUT2D eigenvalue weighted by Crippen LogP contribution is -2.42. The summed E-state index contributed by atoms with van der Waals surface area (Å²) in [4.78, 5) is 46.9. The van der Waals surface area contributed by atoms with Crippen molar-refractivity contribution in [2.24, 2.45) is 0 Å². The minimum atomic E-state index is -0.628. The molecule has 1 aromatic heterocycles. The summed E-state index contributed by atoms with van der Waals surface area (Å²) in [6, 6.07) is 20.3. The van der Waals surface area contributed by atoms with E-state index in [-0.39, 0.29) is 23.2 Å². The third kappa shape index (κ3) is 3.64. The number of imide groups is 1. The first-order valence-corrected chi connectivity index (χ1v) is 12.4. The average molecular weight is 495 g/mol. The van der Waals surface area contributed by atoms with Gasteiger partial charge in [0.1, 0.15) is 11.8 Å². The van der Waals surface area contributed by atoms with Gasteiger partial charge >= 0.3 is 6.03 Å². The number of para-hydroxylation sites is 2. The summed E-state index contributed by atoms with van der Waals surface area (Å²) >= 11 is 0. The lowest BCUT2D eigenvalue weighted by molar-refractivity contribution is -0.120.